The van der Waals surface area contributed by atoms with E-state index in [1.54, 1.807) is 0 Å². The summed E-state index contributed by atoms with van der Waals surface area (Å²) in [7, 11) is 0. The molecule has 0 bridgehead atoms. The summed E-state index contributed by atoms with van der Waals surface area (Å²) in [5.74, 6) is -2.36. The number of halogens is 3. The topological polar surface area (TPSA) is 79.8 Å². The van der Waals surface area contributed by atoms with Gasteiger partial charge in [-0.25, -0.2) is 13.2 Å². The van der Waals surface area contributed by atoms with E-state index in [4.69, 9.17) is 5.26 Å². The zero-order valence-corrected chi connectivity index (χ0v) is 7.65. The third-order valence-corrected chi connectivity index (χ3v) is 1.78. The molecule has 0 atom stereocenters. The number of nitriles is 1. The minimum atomic E-state index is -3.13. The van der Waals surface area contributed by atoms with E-state index in [1.807, 2.05) is 0 Å². The lowest BCUT2D eigenvalue weighted by Crippen LogP contribution is -2.05. The number of aromatic nitrogens is 1. The Hall–Kier alpha value is -2.17. The highest BCUT2D eigenvalue weighted by Gasteiger charge is 2.26. The summed E-state index contributed by atoms with van der Waals surface area (Å²) in [5, 5.41) is 18.7. The molecule has 8 heteroatoms. The molecule has 0 amide bonds. The standard InChI is InChI=1S/C8H4F3N3O2/c9-6-4(1-2-12)8(14(15)16)13-3-5(6)7(10)11/h3,7H,1H2. The Kier molecular flexibility index (Phi) is 3.40. The summed E-state index contributed by atoms with van der Waals surface area (Å²) >= 11 is 0. The van der Waals surface area contributed by atoms with Gasteiger partial charge in [0.25, 0.3) is 6.43 Å². The summed E-state index contributed by atoms with van der Waals surface area (Å²) in [6.07, 6.45) is -3.42. The molecule has 0 saturated carbocycles. The highest BCUT2D eigenvalue weighted by atomic mass is 19.3. The van der Waals surface area contributed by atoms with E-state index in [9.17, 15) is 23.3 Å². The molecule has 0 fully saturated rings. The molecule has 5 nitrogen and oxygen atoms in total. The highest BCUT2D eigenvalue weighted by Crippen LogP contribution is 2.28. The maximum Gasteiger partial charge on any atom is 0.370 e. The van der Waals surface area contributed by atoms with Gasteiger partial charge in [-0.15, -0.1) is 0 Å². The van der Waals surface area contributed by atoms with Crippen LogP contribution in [0.25, 0.3) is 0 Å². The zero-order chi connectivity index (χ0) is 12.3. The first-order chi connectivity index (χ1) is 7.49. The van der Waals surface area contributed by atoms with Crippen LogP contribution < -0.4 is 0 Å². The predicted octanol–water partition coefficient (Wildman–Crippen LogP) is 2.13. The van der Waals surface area contributed by atoms with Crippen molar-refractivity contribution in [3.05, 3.63) is 33.3 Å². The maximum atomic E-state index is 13.4. The van der Waals surface area contributed by atoms with Crippen molar-refractivity contribution in [2.75, 3.05) is 0 Å². The number of hydrogen-bond acceptors (Lipinski definition) is 4. The van der Waals surface area contributed by atoms with Gasteiger partial charge in [-0.3, -0.25) is 0 Å². The third-order valence-electron chi connectivity index (χ3n) is 1.78. The molecule has 0 radical (unpaired) electrons. The van der Waals surface area contributed by atoms with E-state index in [0.717, 1.165) is 0 Å². The van der Waals surface area contributed by atoms with Crippen LogP contribution in [0.15, 0.2) is 6.20 Å². The Morgan fingerprint density at radius 3 is 2.69 bits per heavy atom. The van der Waals surface area contributed by atoms with Crippen molar-refractivity contribution in [2.45, 2.75) is 12.8 Å². The van der Waals surface area contributed by atoms with Gasteiger partial charge in [0.05, 0.1) is 18.1 Å². The van der Waals surface area contributed by atoms with E-state index in [0.29, 0.717) is 6.20 Å². The van der Waals surface area contributed by atoms with Gasteiger partial charge in [-0.2, -0.15) is 5.26 Å². The van der Waals surface area contributed by atoms with Gasteiger partial charge in [-0.1, -0.05) is 0 Å². The van der Waals surface area contributed by atoms with E-state index in [1.165, 1.54) is 6.07 Å². The van der Waals surface area contributed by atoms with Gasteiger partial charge in [0.1, 0.15) is 11.4 Å². The van der Waals surface area contributed by atoms with Crippen LogP contribution in [0.4, 0.5) is 19.0 Å². The van der Waals surface area contributed by atoms with Crippen molar-refractivity contribution in [2.24, 2.45) is 0 Å². The molecule has 0 aliphatic carbocycles. The summed E-state index contributed by atoms with van der Waals surface area (Å²) in [4.78, 5) is 12.5. The van der Waals surface area contributed by atoms with E-state index < -0.39 is 40.5 Å². The van der Waals surface area contributed by atoms with Gasteiger partial charge in [-0.05, 0) is 9.91 Å². The molecule has 0 aromatic carbocycles. The van der Waals surface area contributed by atoms with Crippen molar-refractivity contribution in [1.29, 1.82) is 5.26 Å². The number of nitrogens with zero attached hydrogens (tertiary/aromatic N) is 3. The number of alkyl halides is 2. The predicted molar refractivity (Wildman–Crippen MR) is 45.1 cm³/mol. The van der Waals surface area contributed by atoms with E-state index >= 15 is 0 Å². The summed E-state index contributed by atoms with van der Waals surface area (Å²) in [6.45, 7) is 0. The molecule has 1 heterocycles. The molecular formula is C8H4F3N3O2. The van der Waals surface area contributed by atoms with Crippen LogP contribution in [0.1, 0.15) is 17.6 Å². The van der Waals surface area contributed by atoms with Crippen molar-refractivity contribution in [1.82, 2.24) is 4.98 Å². The molecule has 1 aromatic heterocycles. The monoisotopic (exact) mass is 231 g/mol. The molecule has 0 unspecified atom stereocenters. The number of rotatable bonds is 3. The second-order valence-corrected chi connectivity index (χ2v) is 2.72. The van der Waals surface area contributed by atoms with Gasteiger partial charge in [0, 0.05) is 0 Å². The third kappa shape index (κ3) is 2.08. The van der Waals surface area contributed by atoms with E-state index in [2.05, 4.69) is 4.98 Å². The number of nitro groups is 1. The summed E-state index contributed by atoms with van der Waals surface area (Å²) < 4.78 is 37.9. The lowest BCUT2D eigenvalue weighted by Gasteiger charge is -2.04. The van der Waals surface area contributed by atoms with Crippen molar-refractivity contribution >= 4 is 5.82 Å². The minimum absolute atomic E-state index is 0.402. The van der Waals surface area contributed by atoms with Gasteiger partial charge in [0.2, 0.25) is 0 Å². The second-order valence-electron chi connectivity index (χ2n) is 2.72. The minimum Gasteiger partial charge on any atom is -0.358 e. The van der Waals surface area contributed by atoms with Crippen LogP contribution in [-0.2, 0) is 6.42 Å². The van der Waals surface area contributed by atoms with Crippen LogP contribution in [0.5, 0.6) is 0 Å². The highest BCUT2D eigenvalue weighted by molar-refractivity contribution is 5.39. The van der Waals surface area contributed by atoms with Gasteiger partial charge in [0.15, 0.2) is 6.20 Å². The molecule has 0 N–H and O–H groups in total. The summed E-state index contributed by atoms with van der Waals surface area (Å²) in [6, 6.07) is 1.46. The molecule has 0 aliphatic rings. The SMILES string of the molecule is N#CCc1c([N+](=O)[O-])ncc(C(F)F)c1F. The van der Waals surface area contributed by atoms with Gasteiger partial charge < -0.3 is 10.1 Å². The van der Waals surface area contributed by atoms with Crippen LogP contribution in [0, 0.1) is 27.3 Å². The fourth-order valence-corrected chi connectivity index (χ4v) is 1.08. The summed E-state index contributed by atoms with van der Waals surface area (Å²) in [5.41, 5.74) is -1.76. The van der Waals surface area contributed by atoms with Gasteiger partial charge >= 0.3 is 5.82 Å². The maximum absolute atomic E-state index is 13.4. The second kappa shape index (κ2) is 4.57. The zero-order valence-electron chi connectivity index (χ0n) is 7.65. The van der Waals surface area contributed by atoms with Crippen molar-refractivity contribution < 1.29 is 18.1 Å². The molecule has 0 saturated heterocycles. The molecule has 16 heavy (non-hydrogen) atoms. The van der Waals surface area contributed by atoms with Crippen molar-refractivity contribution in [3.63, 3.8) is 0 Å². The van der Waals surface area contributed by atoms with E-state index in [-0.39, 0.29) is 0 Å². The smallest absolute Gasteiger partial charge is 0.358 e. The first-order valence-electron chi connectivity index (χ1n) is 3.95. The van der Waals surface area contributed by atoms with Crippen LogP contribution in [0.2, 0.25) is 0 Å². The Labute approximate surface area is 87.3 Å². The lowest BCUT2D eigenvalue weighted by molar-refractivity contribution is -0.390. The largest absolute Gasteiger partial charge is 0.370 e. The first kappa shape index (κ1) is 11.9. The fraction of sp³-hybridized carbons (Fsp3) is 0.250. The number of hydrogen-bond donors (Lipinski definition) is 0. The first-order valence-corrected chi connectivity index (χ1v) is 3.95. The quantitative estimate of drug-likeness (QED) is 0.589. The molecule has 0 spiro atoms. The lowest BCUT2D eigenvalue weighted by atomic mass is 10.1. The van der Waals surface area contributed by atoms with Crippen LogP contribution >= 0.6 is 0 Å². The Bertz CT molecular complexity index is 470. The van der Waals surface area contributed by atoms with Crippen molar-refractivity contribution in [3.8, 4) is 6.07 Å². The molecule has 1 aromatic rings. The Morgan fingerprint density at radius 1 is 1.62 bits per heavy atom. The normalized spacial score (nSPS) is 10.2. The Balaban J connectivity index is 3.42. The molecule has 84 valence electrons. The molecule has 1 rings (SSSR count). The van der Waals surface area contributed by atoms with Crippen LogP contribution in [-0.4, -0.2) is 9.91 Å². The Morgan fingerprint density at radius 2 is 2.25 bits per heavy atom. The average molecular weight is 231 g/mol. The number of pyridine rings is 1. The fourth-order valence-electron chi connectivity index (χ4n) is 1.08. The average Bonchev–Trinajstić information content (AvgIpc) is 2.20. The van der Waals surface area contributed by atoms with Crippen LogP contribution in [0.3, 0.4) is 0 Å². The molecule has 0 aliphatic heterocycles. The molecular weight excluding hydrogens is 227 g/mol.